The van der Waals surface area contributed by atoms with Gasteiger partial charge < -0.3 is 10.0 Å². The van der Waals surface area contributed by atoms with E-state index in [2.05, 4.69) is 12.1 Å². The molecule has 1 N–H and O–H groups in total. The van der Waals surface area contributed by atoms with Crippen molar-refractivity contribution in [1.82, 2.24) is 14.7 Å². The van der Waals surface area contributed by atoms with Crippen molar-refractivity contribution in [3.8, 4) is 5.75 Å². The average molecular weight is 436 g/mol. The highest BCUT2D eigenvalue weighted by Gasteiger charge is 2.60. The Bertz CT molecular complexity index is 1200. The number of carbonyl (C=O) groups excluding carboxylic acids is 2. The fraction of sp³-hybridized carbons (Fsp3) is 0.333. The number of phenolic OH excluding ortho intramolecular Hbond substituents is 1. The normalized spacial score (nSPS) is 23.0. The second-order valence-electron chi connectivity index (χ2n) is 8.80. The Morgan fingerprint density at radius 1 is 1.16 bits per heavy atom. The van der Waals surface area contributed by atoms with Gasteiger partial charge in [0.25, 0.3) is 5.91 Å². The number of urea groups is 1. The molecule has 2 aliphatic heterocycles. The van der Waals surface area contributed by atoms with Gasteiger partial charge in [0.2, 0.25) is 0 Å². The van der Waals surface area contributed by atoms with Gasteiger partial charge >= 0.3 is 6.03 Å². The molecule has 160 valence electrons. The van der Waals surface area contributed by atoms with Gasteiger partial charge in [-0.1, -0.05) is 30.3 Å². The number of phenols is 1. The maximum Gasteiger partial charge on any atom is 0.328 e. The molecule has 2 atom stereocenters. The van der Waals surface area contributed by atoms with E-state index in [1.54, 1.807) is 34.4 Å². The van der Waals surface area contributed by atoms with Crippen LogP contribution in [0.3, 0.4) is 0 Å². The molecule has 5 rings (SSSR count). The van der Waals surface area contributed by atoms with Gasteiger partial charge in [0, 0.05) is 29.1 Å². The number of rotatable bonds is 4. The number of hydrogen-bond acceptors (Lipinski definition) is 5. The van der Waals surface area contributed by atoms with Crippen LogP contribution in [0.4, 0.5) is 4.79 Å². The summed E-state index contributed by atoms with van der Waals surface area (Å²) in [5, 5.41) is 11.3. The summed E-state index contributed by atoms with van der Waals surface area (Å²) in [6.45, 7) is 2.86. The number of fused-ring (bicyclic) bond motifs is 4. The lowest BCUT2D eigenvalue weighted by Gasteiger charge is -2.42. The molecule has 2 aliphatic rings. The minimum atomic E-state index is -0.962. The SMILES string of the molecule is CN(C)CCN1C(=O)N2C(c3cccc(O)c3)c3sc4ccccc4c3CC2(C)C1=O. The van der Waals surface area contributed by atoms with Gasteiger partial charge in [-0.25, -0.2) is 4.79 Å². The number of nitrogens with zero attached hydrogens (tertiary/aromatic N) is 3. The topological polar surface area (TPSA) is 64.1 Å². The number of hydrogen-bond donors (Lipinski definition) is 1. The van der Waals surface area contributed by atoms with Gasteiger partial charge in [-0.15, -0.1) is 11.3 Å². The van der Waals surface area contributed by atoms with Crippen molar-refractivity contribution >= 4 is 33.4 Å². The molecule has 2 aromatic carbocycles. The zero-order valence-electron chi connectivity index (χ0n) is 17.8. The van der Waals surface area contributed by atoms with Crippen molar-refractivity contribution in [1.29, 1.82) is 0 Å². The van der Waals surface area contributed by atoms with E-state index < -0.39 is 11.6 Å². The van der Waals surface area contributed by atoms with E-state index in [0.717, 1.165) is 26.1 Å². The number of amides is 3. The standard InChI is InChI=1S/C24H25N3O3S/c1-24-14-18-17-9-4-5-10-19(17)31-21(18)20(15-7-6-8-16(28)13-15)27(24)23(30)26(22(24)29)12-11-25(2)3/h4-10,13,20,28H,11-12,14H2,1-3H3. The first kappa shape index (κ1) is 20.0. The third-order valence-electron chi connectivity index (χ3n) is 6.39. The van der Waals surface area contributed by atoms with Crippen molar-refractivity contribution in [2.45, 2.75) is 24.9 Å². The van der Waals surface area contributed by atoms with Crippen LogP contribution in [0.1, 0.15) is 29.0 Å². The number of imide groups is 1. The number of carbonyl (C=O) groups is 2. The van der Waals surface area contributed by atoms with E-state index >= 15 is 0 Å². The van der Waals surface area contributed by atoms with Gasteiger partial charge in [0.05, 0.1) is 6.04 Å². The summed E-state index contributed by atoms with van der Waals surface area (Å²) < 4.78 is 1.15. The molecule has 1 saturated heterocycles. The van der Waals surface area contributed by atoms with E-state index in [4.69, 9.17) is 0 Å². The third kappa shape index (κ3) is 2.95. The van der Waals surface area contributed by atoms with Crippen LogP contribution in [0.5, 0.6) is 5.75 Å². The molecule has 0 bridgehead atoms. The van der Waals surface area contributed by atoms with Crippen LogP contribution in [0.25, 0.3) is 10.1 Å². The molecule has 3 heterocycles. The highest BCUT2D eigenvalue weighted by Crippen LogP contribution is 2.51. The lowest BCUT2D eigenvalue weighted by atomic mass is 9.81. The molecule has 0 saturated carbocycles. The van der Waals surface area contributed by atoms with E-state index in [1.807, 2.05) is 44.1 Å². The highest BCUT2D eigenvalue weighted by atomic mass is 32.1. The Morgan fingerprint density at radius 2 is 1.94 bits per heavy atom. The summed E-state index contributed by atoms with van der Waals surface area (Å²) >= 11 is 1.67. The minimum Gasteiger partial charge on any atom is -0.508 e. The first-order valence-corrected chi connectivity index (χ1v) is 11.2. The Balaban J connectivity index is 1.71. The van der Waals surface area contributed by atoms with Crippen LogP contribution >= 0.6 is 11.3 Å². The number of aromatic hydroxyl groups is 1. The van der Waals surface area contributed by atoms with Gasteiger partial charge in [0.15, 0.2) is 0 Å². The number of thiophene rings is 1. The molecule has 7 heteroatoms. The van der Waals surface area contributed by atoms with E-state index in [0.29, 0.717) is 19.5 Å². The van der Waals surface area contributed by atoms with Crippen LogP contribution in [0.2, 0.25) is 0 Å². The van der Waals surface area contributed by atoms with Crippen molar-refractivity contribution in [2.75, 3.05) is 27.2 Å². The molecule has 31 heavy (non-hydrogen) atoms. The third-order valence-corrected chi connectivity index (χ3v) is 7.65. The van der Waals surface area contributed by atoms with E-state index in [-0.39, 0.29) is 17.7 Å². The van der Waals surface area contributed by atoms with Crippen LogP contribution in [0, 0.1) is 0 Å². The second kappa shape index (κ2) is 7.07. The quantitative estimate of drug-likeness (QED) is 0.633. The van der Waals surface area contributed by atoms with Crippen LogP contribution < -0.4 is 0 Å². The molecule has 0 radical (unpaired) electrons. The Kier molecular flexibility index (Phi) is 4.57. The average Bonchev–Trinajstić information content (AvgIpc) is 3.18. The maximum atomic E-state index is 13.6. The molecule has 2 unspecified atom stereocenters. The smallest absolute Gasteiger partial charge is 0.328 e. The van der Waals surface area contributed by atoms with Crippen LogP contribution in [-0.2, 0) is 11.2 Å². The predicted molar refractivity (Wildman–Crippen MR) is 121 cm³/mol. The van der Waals surface area contributed by atoms with Gasteiger partial charge in [-0.2, -0.15) is 0 Å². The first-order chi connectivity index (χ1) is 14.8. The second-order valence-corrected chi connectivity index (χ2v) is 9.89. The fourth-order valence-corrected chi connectivity index (χ4v) is 6.20. The zero-order valence-corrected chi connectivity index (χ0v) is 18.6. The Labute approximate surface area is 185 Å². The Morgan fingerprint density at radius 3 is 2.68 bits per heavy atom. The molecular formula is C24H25N3O3S. The lowest BCUT2D eigenvalue weighted by molar-refractivity contribution is -0.133. The zero-order chi connectivity index (χ0) is 21.9. The molecule has 0 aliphatic carbocycles. The highest BCUT2D eigenvalue weighted by molar-refractivity contribution is 7.19. The van der Waals surface area contributed by atoms with Crippen LogP contribution in [-0.4, -0.2) is 64.5 Å². The summed E-state index contributed by atoms with van der Waals surface area (Å²) in [6.07, 6.45) is 0.491. The maximum absolute atomic E-state index is 13.6. The van der Waals surface area contributed by atoms with Gasteiger partial charge in [-0.05, 0) is 55.7 Å². The number of benzene rings is 2. The molecule has 1 aromatic heterocycles. The summed E-state index contributed by atoms with van der Waals surface area (Å²) in [5.74, 6) is 0.000285. The molecule has 6 nitrogen and oxygen atoms in total. The summed E-state index contributed by atoms with van der Waals surface area (Å²) in [7, 11) is 3.86. The molecular weight excluding hydrogens is 410 g/mol. The Hall–Kier alpha value is -2.90. The van der Waals surface area contributed by atoms with Crippen LogP contribution in [0.15, 0.2) is 48.5 Å². The monoisotopic (exact) mass is 435 g/mol. The van der Waals surface area contributed by atoms with Crippen molar-refractivity contribution in [2.24, 2.45) is 0 Å². The van der Waals surface area contributed by atoms with Crippen molar-refractivity contribution in [3.63, 3.8) is 0 Å². The van der Waals surface area contributed by atoms with E-state index in [9.17, 15) is 14.7 Å². The molecule has 3 amide bonds. The van der Waals surface area contributed by atoms with E-state index in [1.165, 1.54) is 4.90 Å². The summed E-state index contributed by atoms with van der Waals surface area (Å²) in [6, 6.07) is 14.5. The lowest BCUT2D eigenvalue weighted by Crippen LogP contribution is -2.53. The molecule has 0 spiro atoms. The summed E-state index contributed by atoms with van der Waals surface area (Å²) in [5.41, 5.74) is 0.980. The summed E-state index contributed by atoms with van der Waals surface area (Å²) in [4.78, 5) is 33.4. The molecule has 3 aromatic rings. The minimum absolute atomic E-state index is 0.148. The van der Waals surface area contributed by atoms with Gasteiger partial charge in [-0.3, -0.25) is 14.6 Å². The largest absolute Gasteiger partial charge is 0.508 e. The first-order valence-electron chi connectivity index (χ1n) is 10.4. The van der Waals surface area contributed by atoms with Gasteiger partial charge in [0.1, 0.15) is 11.3 Å². The predicted octanol–water partition coefficient (Wildman–Crippen LogP) is 3.84. The fourth-order valence-electron chi connectivity index (χ4n) is 4.85. The number of likely N-dealkylation sites (N-methyl/N-ethyl adjacent to an activating group) is 1. The van der Waals surface area contributed by atoms with Crippen molar-refractivity contribution < 1.29 is 14.7 Å². The van der Waals surface area contributed by atoms with Crippen molar-refractivity contribution in [3.05, 3.63) is 64.5 Å². The molecule has 1 fully saturated rings.